The van der Waals surface area contributed by atoms with Crippen molar-refractivity contribution < 1.29 is 24.5 Å². The van der Waals surface area contributed by atoms with Gasteiger partial charge in [0.05, 0.1) is 12.0 Å². The van der Waals surface area contributed by atoms with Crippen LogP contribution in [0, 0.1) is 5.92 Å². The molecule has 0 aliphatic carbocycles. The Morgan fingerprint density at radius 3 is 2.62 bits per heavy atom. The van der Waals surface area contributed by atoms with Crippen LogP contribution in [-0.4, -0.2) is 44.5 Å². The molecule has 2 rings (SSSR count). The van der Waals surface area contributed by atoms with Gasteiger partial charge in [-0.1, -0.05) is 43.9 Å². The molecule has 8 heteroatoms. The van der Waals surface area contributed by atoms with Gasteiger partial charge >= 0.3 is 5.97 Å². The topological polar surface area (TPSA) is 87.1 Å². The first kappa shape index (κ1) is 18.3. The van der Waals surface area contributed by atoms with Gasteiger partial charge in [-0.15, -0.1) is 0 Å². The molecule has 1 heterocycles. The molecule has 0 aromatic heterocycles. The van der Waals surface area contributed by atoms with E-state index in [9.17, 15) is 19.8 Å². The number of carbonyl (C=O) groups excluding carboxylic acids is 1. The number of aliphatic carboxylic acids is 1. The molecule has 1 aliphatic heterocycles. The average Bonchev–Trinajstić information content (AvgIpc) is 2.76. The van der Waals surface area contributed by atoms with Gasteiger partial charge in [-0.2, -0.15) is 0 Å². The molecule has 0 saturated carbocycles. The number of thioether (sulfide) groups is 1. The minimum Gasteiger partial charge on any atom is -0.504 e. The first-order valence-electron chi connectivity index (χ1n) is 7.13. The molecular weight excluding hydrogens is 350 g/mol. The monoisotopic (exact) mass is 367 g/mol. The van der Waals surface area contributed by atoms with E-state index in [0.717, 1.165) is 16.7 Å². The predicted octanol–water partition coefficient (Wildman–Crippen LogP) is 2.71. The third-order valence-corrected chi connectivity index (χ3v) is 4.82. The van der Waals surface area contributed by atoms with Gasteiger partial charge in [0, 0.05) is 0 Å². The molecule has 0 spiro atoms. The second-order valence-electron chi connectivity index (χ2n) is 5.51. The zero-order valence-corrected chi connectivity index (χ0v) is 15.0. The van der Waals surface area contributed by atoms with Crippen LogP contribution in [0.5, 0.6) is 11.5 Å². The van der Waals surface area contributed by atoms with E-state index in [1.807, 2.05) is 0 Å². The summed E-state index contributed by atoms with van der Waals surface area (Å²) in [4.78, 5) is 25.6. The van der Waals surface area contributed by atoms with Crippen LogP contribution in [0.15, 0.2) is 23.1 Å². The fourth-order valence-electron chi connectivity index (χ4n) is 2.35. The number of hydrogen-bond donors (Lipinski definition) is 2. The number of thiocarbonyl (C=S) groups is 1. The number of rotatable bonds is 5. The van der Waals surface area contributed by atoms with Crippen molar-refractivity contribution in [2.24, 2.45) is 5.92 Å². The maximum atomic E-state index is 12.6. The third kappa shape index (κ3) is 3.54. The number of carbonyl (C=O) groups is 2. The normalized spacial score (nSPS) is 17.7. The van der Waals surface area contributed by atoms with Gasteiger partial charge in [0.25, 0.3) is 5.91 Å². The highest BCUT2D eigenvalue weighted by Gasteiger charge is 2.41. The third-order valence-electron chi connectivity index (χ3n) is 3.49. The Hall–Kier alpha value is -2.06. The lowest BCUT2D eigenvalue weighted by atomic mass is 10.0. The lowest BCUT2D eigenvalue weighted by Crippen LogP contribution is -2.47. The van der Waals surface area contributed by atoms with Crippen LogP contribution in [0.1, 0.15) is 19.4 Å². The van der Waals surface area contributed by atoms with Crippen LogP contribution in [0.25, 0.3) is 6.08 Å². The van der Waals surface area contributed by atoms with E-state index >= 15 is 0 Å². The number of benzene rings is 1. The lowest BCUT2D eigenvalue weighted by molar-refractivity contribution is -0.146. The van der Waals surface area contributed by atoms with Crippen molar-refractivity contribution in [2.45, 2.75) is 19.9 Å². The van der Waals surface area contributed by atoms with Crippen molar-refractivity contribution in [1.82, 2.24) is 4.90 Å². The summed E-state index contributed by atoms with van der Waals surface area (Å²) in [6, 6.07) is 3.66. The summed E-state index contributed by atoms with van der Waals surface area (Å²) in [6.07, 6.45) is 1.60. The highest BCUT2D eigenvalue weighted by Crippen LogP contribution is 2.36. The van der Waals surface area contributed by atoms with Crippen molar-refractivity contribution in [1.29, 1.82) is 0 Å². The fourth-order valence-corrected chi connectivity index (χ4v) is 3.68. The zero-order valence-electron chi connectivity index (χ0n) is 13.3. The van der Waals surface area contributed by atoms with Crippen molar-refractivity contribution in [3.05, 3.63) is 28.7 Å². The molecule has 24 heavy (non-hydrogen) atoms. The second-order valence-corrected chi connectivity index (χ2v) is 7.19. The summed E-state index contributed by atoms with van der Waals surface area (Å²) < 4.78 is 5.26. The molecule has 1 amide bonds. The SMILES string of the molecule is COc1cc(/C=C2\SC(=S)N([C@H](C(=O)O)C(C)C)C2=O)ccc1O. The summed E-state index contributed by atoms with van der Waals surface area (Å²) in [6.45, 7) is 3.46. The highest BCUT2D eigenvalue weighted by atomic mass is 32.2. The Kier molecular flexibility index (Phi) is 5.51. The Balaban J connectivity index is 2.36. The Morgan fingerprint density at radius 2 is 2.08 bits per heavy atom. The average molecular weight is 367 g/mol. The molecule has 2 N–H and O–H groups in total. The molecule has 1 atom stereocenters. The molecule has 1 aromatic rings. The first-order valence-corrected chi connectivity index (χ1v) is 8.35. The number of phenolic OH excluding ortho intramolecular Hbond substituents is 1. The summed E-state index contributed by atoms with van der Waals surface area (Å²) in [7, 11) is 1.43. The van der Waals surface area contributed by atoms with Crippen molar-refractivity contribution in [2.75, 3.05) is 7.11 Å². The van der Waals surface area contributed by atoms with Crippen molar-refractivity contribution in [3.63, 3.8) is 0 Å². The van der Waals surface area contributed by atoms with Gasteiger partial charge < -0.3 is 14.9 Å². The molecule has 1 aromatic carbocycles. The second kappa shape index (κ2) is 7.23. The summed E-state index contributed by atoms with van der Waals surface area (Å²) in [5, 5.41) is 19.0. The summed E-state index contributed by atoms with van der Waals surface area (Å²) >= 11 is 6.25. The van der Waals surface area contributed by atoms with Crippen LogP contribution in [0.2, 0.25) is 0 Å². The quantitative estimate of drug-likeness (QED) is 0.611. The summed E-state index contributed by atoms with van der Waals surface area (Å²) in [5.41, 5.74) is 0.640. The van der Waals surface area contributed by atoms with Gasteiger partial charge in [-0.05, 0) is 29.7 Å². The van der Waals surface area contributed by atoms with Crippen molar-refractivity contribution >= 4 is 46.3 Å². The molecule has 6 nitrogen and oxygen atoms in total. The largest absolute Gasteiger partial charge is 0.504 e. The number of ether oxygens (including phenoxy) is 1. The maximum absolute atomic E-state index is 12.6. The van der Waals surface area contributed by atoms with Gasteiger partial charge in [-0.25, -0.2) is 4.79 Å². The number of nitrogens with zero attached hydrogens (tertiary/aromatic N) is 1. The molecular formula is C16H17NO5S2. The number of aromatic hydroxyl groups is 1. The Morgan fingerprint density at radius 1 is 1.42 bits per heavy atom. The Bertz CT molecular complexity index is 729. The number of amides is 1. The van der Waals surface area contributed by atoms with Gasteiger partial charge in [0.1, 0.15) is 10.4 Å². The molecule has 0 bridgehead atoms. The molecule has 0 radical (unpaired) electrons. The number of carboxylic acid groups (broad SMARTS) is 1. The fraction of sp³-hybridized carbons (Fsp3) is 0.312. The predicted molar refractivity (Wildman–Crippen MR) is 95.9 cm³/mol. The van der Waals surface area contributed by atoms with Gasteiger partial charge in [0.2, 0.25) is 0 Å². The number of phenols is 1. The van der Waals surface area contributed by atoms with Crippen molar-refractivity contribution in [3.8, 4) is 11.5 Å². The van der Waals surface area contributed by atoms with E-state index in [2.05, 4.69) is 0 Å². The molecule has 1 fully saturated rings. The first-order chi connectivity index (χ1) is 11.3. The van der Waals surface area contributed by atoms with Crippen LogP contribution in [0.4, 0.5) is 0 Å². The van der Waals surface area contributed by atoms with Crippen LogP contribution >= 0.6 is 24.0 Å². The van der Waals surface area contributed by atoms with E-state index in [-0.39, 0.29) is 21.7 Å². The Labute approximate surface area is 149 Å². The zero-order chi connectivity index (χ0) is 18.0. The standard InChI is InChI=1S/C16H17NO5S2/c1-8(2)13(15(20)21)17-14(19)12(24-16(17)23)7-9-4-5-10(18)11(6-9)22-3/h4-8,13,18H,1-3H3,(H,20,21)/b12-7-/t13-/m0/s1. The summed E-state index contributed by atoms with van der Waals surface area (Å²) in [5.74, 6) is -1.53. The molecule has 1 saturated heterocycles. The maximum Gasteiger partial charge on any atom is 0.327 e. The molecule has 0 unspecified atom stereocenters. The van der Waals surface area contributed by atoms with E-state index < -0.39 is 17.9 Å². The van der Waals surface area contributed by atoms with Gasteiger partial charge in [0.15, 0.2) is 11.5 Å². The highest BCUT2D eigenvalue weighted by molar-refractivity contribution is 8.26. The van der Waals surface area contributed by atoms with E-state index in [1.54, 1.807) is 32.1 Å². The number of methoxy groups -OCH3 is 1. The van der Waals surface area contributed by atoms with Crippen LogP contribution in [-0.2, 0) is 9.59 Å². The number of hydrogen-bond acceptors (Lipinski definition) is 6. The minimum absolute atomic E-state index is 0.00653. The molecule has 1 aliphatic rings. The van der Waals surface area contributed by atoms with Crippen LogP contribution < -0.4 is 4.74 Å². The van der Waals surface area contributed by atoms with Gasteiger partial charge in [-0.3, -0.25) is 9.69 Å². The number of carboxylic acids is 1. The smallest absolute Gasteiger partial charge is 0.327 e. The van der Waals surface area contributed by atoms with E-state index in [1.165, 1.54) is 13.2 Å². The van der Waals surface area contributed by atoms with Crippen LogP contribution in [0.3, 0.4) is 0 Å². The molecule has 128 valence electrons. The minimum atomic E-state index is -1.09. The van der Waals surface area contributed by atoms with E-state index in [4.69, 9.17) is 17.0 Å². The van der Waals surface area contributed by atoms with E-state index in [0.29, 0.717) is 10.5 Å². The lowest BCUT2D eigenvalue weighted by Gasteiger charge is -2.26.